The number of sulfonamides is 1. The lowest BCUT2D eigenvalue weighted by molar-refractivity contribution is -0.147. The highest BCUT2D eigenvalue weighted by molar-refractivity contribution is 7.89. The van der Waals surface area contributed by atoms with Crippen molar-refractivity contribution in [2.45, 2.75) is 89.3 Å². The number of hydrogen-bond acceptors (Lipinski definition) is 8. The number of benzene rings is 2. The number of aryl methyl sites for hydroxylation is 3. The van der Waals surface area contributed by atoms with Gasteiger partial charge in [-0.25, -0.2) is 18.1 Å². The second kappa shape index (κ2) is 11.4. The predicted octanol–water partition coefficient (Wildman–Crippen LogP) is 5.03. The van der Waals surface area contributed by atoms with Crippen LogP contribution < -0.4 is 10.1 Å². The Hall–Kier alpha value is -3.87. The first-order valence-electron chi connectivity index (χ1n) is 16.3. The molecule has 1 saturated carbocycles. The second-order valence-electron chi connectivity index (χ2n) is 14.2. The van der Waals surface area contributed by atoms with E-state index in [2.05, 4.69) is 20.6 Å². The Labute approximate surface area is 275 Å². The fourth-order valence-corrected chi connectivity index (χ4v) is 8.89. The molecule has 4 heterocycles. The van der Waals surface area contributed by atoms with Crippen LogP contribution in [-0.4, -0.2) is 69.0 Å². The molecular weight excluding hydrogens is 616 g/mol. The van der Waals surface area contributed by atoms with Crippen LogP contribution in [0.5, 0.6) is 5.88 Å². The maximum atomic E-state index is 14.3. The standard InChI is InChI=1S/C35H42N6O5S/c1-21-16-29-32(37-18-21)46-35(12-14-36-15-13-35)20-40(47(29,44)45)19-25-17-24(7-6-22(25)2)30(34(4,5)33(42)43)27-10-11-28-31(23(27)3)38-39-41(28)26-8-9-26/h6-7,10-11,16-18,26,30,36H,8-9,12-15,19-20H2,1-5H3,(H,42,43). The van der Waals surface area contributed by atoms with E-state index in [1.54, 1.807) is 26.1 Å². The van der Waals surface area contributed by atoms with E-state index in [0.29, 0.717) is 32.0 Å². The third-order valence-corrected chi connectivity index (χ3v) is 12.1. The minimum atomic E-state index is -3.98. The molecule has 1 saturated heterocycles. The van der Waals surface area contributed by atoms with Gasteiger partial charge in [0.2, 0.25) is 15.9 Å². The zero-order chi connectivity index (χ0) is 33.3. The van der Waals surface area contributed by atoms with Gasteiger partial charge in [-0.2, -0.15) is 4.31 Å². The lowest BCUT2D eigenvalue weighted by Crippen LogP contribution is -2.53. The first kappa shape index (κ1) is 31.7. The zero-order valence-corrected chi connectivity index (χ0v) is 28.4. The van der Waals surface area contributed by atoms with Crippen LogP contribution in [0.1, 0.15) is 84.9 Å². The molecule has 2 fully saturated rings. The third kappa shape index (κ3) is 5.49. The van der Waals surface area contributed by atoms with E-state index >= 15 is 0 Å². The minimum absolute atomic E-state index is 0.0785. The van der Waals surface area contributed by atoms with Crippen molar-refractivity contribution in [1.29, 1.82) is 0 Å². The van der Waals surface area contributed by atoms with Crippen LogP contribution in [-0.2, 0) is 21.4 Å². The van der Waals surface area contributed by atoms with Gasteiger partial charge in [0, 0.05) is 31.5 Å². The maximum absolute atomic E-state index is 14.3. The summed E-state index contributed by atoms with van der Waals surface area (Å²) < 4.78 is 38.6. The second-order valence-corrected chi connectivity index (χ2v) is 16.1. The van der Waals surface area contributed by atoms with Gasteiger partial charge >= 0.3 is 5.97 Å². The summed E-state index contributed by atoms with van der Waals surface area (Å²) in [6, 6.07) is 11.9. The number of carboxylic acid groups (broad SMARTS) is 1. The number of nitrogens with zero attached hydrogens (tertiary/aromatic N) is 5. The van der Waals surface area contributed by atoms with Gasteiger partial charge in [-0.3, -0.25) is 4.79 Å². The van der Waals surface area contributed by atoms with Gasteiger partial charge < -0.3 is 15.2 Å². The molecule has 2 aromatic heterocycles. The Morgan fingerprint density at radius 2 is 1.87 bits per heavy atom. The Kier molecular flexibility index (Phi) is 7.68. The lowest BCUT2D eigenvalue weighted by atomic mass is 9.69. The molecule has 3 aliphatic rings. The number of carboxylic acids is 1. The highest BCUT2D eigenvalue weighted by Gasteiger charge is 2.46. The quantitative estimate of drug-likeness (QED) is 0.280. The van der Waals surface area contributed by atoms with E-state index in [4.69, 9.17) is 4.74 Å². The van der Waals surface area contributed by atoms with Crippen LogP contribution >= 0.6 is 0 Å². The summed E-state index contributed by atoms with van der Waals surface area (Å²) in [5.41, 5.74) is 4.85. The summed E-state index contributed by atoms with van der Waals surface area (Å²) in [5.74, 6) is -1.31. The maximum Gasteiger partial charge on any atom is 0.310 e. The predicted molar refractivity (Wildman–Crippen MR) is 177 cm³/mol. The average molecular weight is 659 g/mol. The van der Waals surface area contributed by atoms with E-state index < -0.39 is 32.9 Å². The topological polar surface area (TPSA) is 140 Å². The van der Waals surface area contributed by atoms with Gasteiger partial charge in [-0.1, -0.05) is 29.5 Å². The van der Waals surface area contributed by atoms with E-state index in [1.807, 2.05) is 55.8 Å². The van der Waals surface area contributed by atoms with Gasteiger partial charge in [0.25, 0.3) is 0 Å². The van der Waals surface area contributed by atoms with Gasteiger partial charge in [0.15, 0.2) is 0 Å². The van der Waals surface area contributed by atoms with Crippen molar-refractivity contribution in [3.8, 4) is 5.88 Å². The van der Waals surface area contributed by atoms with E-state index in [0.717, 1.165) is 57.3 Å². The number of ether oxygens (including phenoxy) is 1. The van der Waals surface area contributed by atoms with Gasteiger partial charge in [-0.05, 0) is 106 Å². The Balaban J connectivity index is 1.32. The number of piperidine rings is 1. The average Bonchev–Trinajstić information content (AvgIpc) is 3.79. The number of pyridine rings is 1. The normalized spacial score (nSPS) is 20.0. The number of fused-ring (bicyclic) bond motifs is 2. The fraction of sp³-hybridized carbons (Fsp3) is 0.486. The third-order valence-electron chi connectivity index (χ3n) is 10.3. The molecule has 1 unspecified atom stereocenters. The molecule has 1 atom stereocenters. The molecule has 1 aliphatic carbocycles. The first-order chi connectivity index (χ1) is 22.3. The summed E-state index contributed by atoms with van der Waals surface area (Å²) in [6.07, 6.45) is 5.10. The van der Waals surface area contributed by atoms with Crippen LogP contribution in [0.3, 0.4) is 0 Å². The first-order valence-corrected chi connectivity index (χ1v) is 17.8. The summed E-state index contributed by atoms with van der Waals surface area (Å²) in [7, 11) is -3.98. The molecule has 1 spiro atoms. The van der Waals surface area contributed by atoms with Crippen LogP contribution in [0.15, 0.2) is 47.5 Å². The lowest BCUT2D eigenvalue weighted by Gasteiger charge is -2.38. The molecule has 47 heavy (non-hydrogen) atoms. The van der Waals surface area contributed by atoms with Crippen molar-refractivity contribution in [1.82, 2.24) is 29.6 Å². The van der Waals surface area contributed by atoms with Crippen molar-refractivity contribution in [3.05, 3.63) is 76.0 Å². The van der Waals surface area contributed by atoms with Gasteiger partial charge in [0.05, 0.1) is 23.5 Å². The molecule has 0 bridgehead atoms. The van der Waals surface area contributed by atoms with E-state index in [9.17, 15) is 18.3 Å². The molecule has 4 aromatic rings. The van der Waals surface area contributed by atoms with Crippen LogP contribution in [0.2, 0.25) is 0 Å². The number of carbonyl (C=O) groups is 1. The molecule has 2 N–H and O–H groups in total. The number of nitrogens with one attached hydrogen (secondary N) is 1. The van der Waals surface area contributed by atoms with Crippen LogP contribution in [0.4, 0.5) is 0 Å². The molecular formula is C35H42N6O5S. The largest absolute Gasteiger partial charge is 0.481 e. The summed E-state index contributed by atoms with van der Waals surface area (Å²) in [4.78, 5) is 17.4. The number of aliphatic carboxylic acids is 1. The van der Waals surface area contributed by atoms with Crippen molar-refractivity contribution in [2.75, 3.05) is 19.6 Å². The molecule has 12 heteroatoms. The Bertz CT molecular complexity index is 1990. The van der Waals surface area contributed by atoms with Gasteiger partial charge in [0.1, 0.15) is 16.0 Å². The summed E-state index contributed by atoms with van der Waals surface area (Å²) in [5, 5.41) is 22.8. The van der Waals surface area contributed by atoms with Crippen molar-refractivity contribution in [3.63, 3.8) is 0 Å². The molecule has 11 nitrogen and oxygen atoms in total. The summed E-state index contributed by atoms with van der Waals surface area (Å²) in [6.45, 7) is 11.0. The monoisotopic (exact) mass is 658 g/mol. The van der Waals surface area contributed by atoms with Gasteiger partial charge in [-0.15, -0.1) is 5.10 Å². The van der Waals surface area contributed by atoms with E-state index in [1.165, 1.54) is 4.31 Å². The van der Waals surface area contributed by atoms with Crippen molar-refractivity contribution < 1.29 is 23.1 Å². The molecule has 0 amide bonds. The van der Waals surface area contributed by atoms with Crippen LogP contribution in [0.25, 0.3) is 11.0 Å². The number of hydrogen-bond donors (Lipinski definition) is 2. The highest BCUT2D eigenvalue weighted by Crippen LogP contribution is 2.45. The molecule has 7 rings (SSSR count). The molecule has 2 aromatic carbocycles. The minimum Gasteiger partial charge on any atom is -0.481 e. The van der Waals surface area contributed by atoms with Crippen LogP contribution in [0, 0.1) is 26.2 Å². The number of rotatable bonds is 7. The smallest absolute Gasteiger partial charge is 0.310 e. The molecule has 2 aliphatic heterocycles. The van der Waals surface area contributed by atoms with Crippen molar-refractivity contribution in [2.24, 2.45) is 5.41 Å². The highest BCUT2D eigenvalue weighted by atomic mass is 32.2. The molecule has 248 valence electrons. The number of aromatic nitrogens is 4. The zero-order valence-electron chi connectivity index (χ0n) is 27.6. The molecule has 0 radical (unpaired) electrons. The fourth-order valence-electron chi connectivity index (χ4n) is 7.25. The summed E-state index contributed by atoms with van der Waals surface area (Å²) >= 11 is 0. The SMILES string of the molecule is Cc1cnc2c(c1)S(=O)(=O)N(Cc1cc(C(c3ccc4c(nnn4C4CC4)c3C)C(C)(C)C(=O)O)ccc1C)CC1(CCNCC1)O2. The van der Waals surface area contributed by atoms with Crippen molar-refractivity contribution >= 4 is 27.0 Å². The Morgan fingerprint density at radius 3 is 2.57 bits per heavy atom. The Morgan fingerprint density at radius 1 is 1.13 bits per heavy atom. The van der Waals surface area contributed by atoms with E-state index in [-0.39, 0.29) is 23.9 Å².